The van der Waals surface area contributed by atoms with Crippen molar-refractivity contribution in [1.29, 1.82) is 5.26 Å². The maximum Gasteiger partial charge on any atom is 0.441 e. The van der Waals surface area contributed by atoms with Gasteiger partial charge in [-0.15, -0.1) is 6.42 Å². The molecule has 1 aromatic carbocycles. The van der Waals surface area contributed by atoms with E-state index >= 15 is 0 Å². The highest BCUT2D eigenvalue weighted by atomic mass is 19.1. The van der Waals surface area contributed by atoms with Gasteiger partial charge in [-0.1, -0.05) is 54.4 Å². The third-order valence-electron chi connectivity index (χ3n) is 12.7. The number of halogens is 1. The first-order valence-corrected chi connectivity index (χ1v) is 24.3. The topological polar surface area (TPSA) is 204 Å². The Hall–Kier alpha value is -4.85. The number of carbonyl (C=O) groups is 3. The van der Waals surface area contributed by atoms with Crippen LogP contribution in [-0.2, 0) is 23.8 Å². The van der Waals surface area contributed by atoms with Crippen molar-refractivity contribution >= 4 is 34.6 Å². The molecule has 0 aliphatic carbocycles. The van der Waals surface area contributed by atoms with Crippen LogP contribution in [-0.4, -0.2) is 153 Å². The summed E-state index contributed by atoms with van der Waals surface area (Å²) in [5.41, 5.74) is -1.59. The van der Waals surface area contributed by atoms with Crippen molar-refractivity contribution < 1.29 is 37.4 Å². The van der Waals surface area contributed by atoms with Crippen molar-refractivity contribution in [3.8, 4) is 18.4 Å². The molecule has 4 amide bonds. The normalized spacial score (nSPS) is 18.5. The highest BCUT2D eigenvalue weighted by molar-refractivity contribution is 5.91. The molecule has 4 N–H and O–H groups in total. The van der Waals surface area contributed by atoms with Crippen LogP contribution >= 0.6 is 0 Å². The number of hydrogen-bond acceptors (Lipinski definition) is 13. The molecule has 0 saturated carbocycles. The van der Waals surface area contributed by atoms with Crippen LogP contribution in [0.3, 0.4) is 0 Å². The van der Waals surface area contributed by atoms with Crippen LogP contribution in [0.4, 0.5) is 15.0 Å². The van der Waals surface area contributed by atoms with Crippen molar-refractivity contribution in [2.45, 2.75) is 129 Å². The van der Waals surface area contributed by atoms with Gasteiger partial charge in [-0.2, -0.15) is 10.2 Å². The second-order valence-electron chi connectivity index (χ2n) is 20.7. The van der Waals surface area contributed by atoms with Gasteiger partial charge in [-0.25, -0.2) is 14.0 Å². The van der Waals surface area contributed by atoms with E-state index in [9.17, 15) is 28.8 Å². The summed E-state index contributed by atoms with van der Waals surface area (Å²) in [6.45, 7) is 23.4. The Kier molecular flexibility index (Phi) is 21.5. The number of benzene rings is 1. The smallest absolute Gasteiger partial charge is 0.408 e. The van der Waals surface area contributed by atoms with Crippen LogP contribution in [0.15, 0.2) is 27.4 Å². The molecule has 5 rings (SSSR count). The van der Waals surface area contributed by atoms with Crippen LogP contribution in [0.2, 0.25) is 0 Å². The number of nitrogens with zero attached hydrogens (tertiary/aromatic N) is 5. The Bertz CT molecular complexity index is 2070. The fourth-order valence-corrected chi connectivity index (χ4v) is 8.31. The van der Waals surface area contributed by atoms with E-state index in [4.69, 9.17) is 25.1 Å². The lowest BCUT2D eigenvalue weighted by Gasteiger charge is -2.40. The first-order chi connectivity index (χ1) is 32.2. The summed E-state index contributed by atoms with van der Waals surface area (Å²) in [7, 11) is 1.63. The molecule has 0 bridgehead atoms. The van der Waals surface area contributed by atoms with Gasteiger partial charge < -0.3 is 54.6 Å². The van der Waals surface area contributed by atoms with Crippen molar-refractivity contribution in [3.05, 3.63) is 34.6 Å². The number of morpholine rings is 1. The maximum absolute atomic E-state index is 13.7. The molecule has 3 fully saturated rings. The van der Waals surface area contributed by atoms with E-state index in [1.807, 2.05) is 0 Å². The Balaban J connectivity index is 0.000000305. The lowest BCUT2D eigenvalue weighted by atomic mass is 9.86. The van der Waals surface area contributed by atoms with Gasteiger partial charge in [0, 0.05) is 59.0 Å². The first-order valence-electron chi connectivity index (χ1n) is 24.3. The van der Waals surface area contributed by atoms with Gasteiger partial charge >= 0.3 is 11.8 Å². The number of ether oxygens (including phenoxy) is 3. The zero-order valence-electron chi connectivity index (χ0n) is 41.9. The number of nitrogens with one attached hydrogen (secondary N) is 4. The SMILES string of the molecule is C#CC1(NC(=O)C(CCC(C)(C)C)NC(=O)N2CCOCC2)CCN(CCC)CC1.COCCOCCN1CCC(C#N)(NC(=O)C(CCC(C)(C)C)Nc2nc(=O)oc3cc(F)ccc23)CC1. The van der Waals surface area contributed by atoms with E-state index < -0.39 is 34.7 Å². The third kappa shape index (κ3) is 18.2. The number of terminal acetylenes is 1. The van der Waals surface area contributed by atoms with Gasteiger partial charge in [-0.05, 0) is 87.3 Å². The number of likely N-dealkylation sites (tertiary alicyclic amines) is 2. The van der Waals surface area contributed by atoms with E-state index in [0.29, 0.717) is 96.7 Å². The molecule has 2 unspecified atom stereocenters. The second-order valence-corrected chi connectivity index (χ2v) is 20.7. The molecule has 68 heavy (non-hydrogen) atoms. The van der Waals surface area contributed by atoms with Gasteiger partial charge in [0.1, 0.15) is 40.4 Å². The summed E-state index contributed by atoms with van der Waals surface area (Å²) in [6.07, 6.45) is 11.9. The van der Waals surface area contributed by atoms with Crippen molar-refractivity contribution in [1.82, 2.24) is 35.6 Å². The number of piperidine rings is 2. The molecule has 3 aliphatic heterocycles. The summed E-state index contributed by atoms with van der Waals surface area (Å²) in [4.78, 5) is 61.8. The summed E-state index contributed by atoms with van der Waals surface area (Å²) in [6, 6.07) is 4.55. The predicted molar refractivity (Wildman–Crippen MR) is 260 cm³/mol. The fraction of sp³-hybridized carbons (Fsp3) is 0.720. The number of nitriles is 1. The molecule has 3 saturated heterocycles. The molecule has 3 aliphatic rings. The maximum atomic E-state index is 13.7. The Morgan fingerprint density at radius 1 is 0.868 bits per heavy atom. The van der Waals surface area contributed by atoms with E-state index in [2.05, 4.69) is 96.5 Å². The van der Waals surface area contributed by atoms with Crippen molar-refractivity contribution in [3.63, 3.8) is 0 Å². The number of anilines is 1. The molecule has 0 spiro atoms. The summed E-state index contributed by atoms with van der Waals surface area (Å²) < 4.78 is 34.6. The lowest BCUT2D eigenvalue weighted by molar-refractivity contribution is -0.125. The minimum Gasteiger partial charge on any atom is -0.408 e. The van der Waals surface area contributed by atoms with Crippen LogP contribution in [0.1, 0.15) is 106 Å². The number of amides is 4. The molecule has 0 radical (unpaired) electrons. The lowest BCUT2D eigenvalue weighted by Crippen LogP contribution is -2.60. The molecular weight excluding hydrogens is 874 g/mol. The molecule has 1 aromatic heterocycles. The molecule has 378 valence electrons. The fourth-order valence-electron chi connectivity index (χ4n) is 8.31. The second kappa shape index (κ2) is 26.2. The van der Waals surface area contributed by atoms with Crippen molar-refractivity contribution in [2.75, 3.05) is 97.8 Å². The third-order valence-corrected chi connectivity index (χ3v) is 12.7. The average molecular weight is 952 g/mol. The van der Waals surface area contributed by atoms with Crippen LogP contribution in [0.25, 0.3) is 11.0 Å². The average Bonchev–Trinajstić information content (AvgIpc) is 3.30. The number of methoxy groups -OCH3 is 1. The Morgan fingerprint density at radius 3 is 2.01 bits per heavy atom. The summed E-state index contributed by atoms with van der Waals surface area (Å²) in [5.74, 6) is 1.02. The van der Waals surface area contributed by atoms with Crippen LogP contribution in [0.5, 0.6) is 0 Å². The largest absolute Gasteiger partial charge is 0.441 e. The zero-order valence-corrected chi connectivity index (χ0v) is 41.9. The molecule has 2 atom stereocenters. The van der Waals surface area contributed by atoms with Crippen LogP contribution < -0.4 is 27.0 Å². The number of hydrogen-bond donors (Lipinski definition) is 4. The number of carbonyl (C=O) groups excluding carboxylic acids is 3. The van der Waals surface area contributed by atoms with Gasteiger partial charge in [0.05, 0.1) is 44.5 Å². The predicted octanol–water partition coefficient (Wildman–Crippen LogP) is 5.29. The molecule has 2 aromatic rings. The van der Waals surface area contributed by atoms with E-state index in [0.717, 1.165) is 57.9 Å². The van der Waals surface area contributed by atoms with E-state index in [-0.39, 0.29) is 40.1 Å². The molecular formula is C50H78FN9O8. The van der Waals surface area contributed by atoms with Gasteiger partial charge in [0.2, 0.25) is 11.8 Å². The van der Waals surface area contributed by atoms with Crippen molar-refractivity contribution in [2.24, 2.45) is 10.8 Å². The first kappa shape index (κ1) is 55.7. The summed E-state index contributed by atoms with van der Waals surface area (Å²) >= 11 is 0. The van der Waals surface area contributed by atoms with Gasteiger partial charge in [0.25, 0.3) is 0 Å². The van der Waals surface area contributed by atoms with E-state index in [1.165, 1.54) is 12.1 Å². The number of fused-ring (bicyclic) bond motifs is 1. The Morgan fingerprint density at radius 2 is 1.44 bits per heavy atom. The molecule has 4 heterocycles. The molecule has 18 heteroatoms. The minimum atomic E-state index is -1.000. The number of aromatic nitrogens is 1. The summed E-state index contributed by atoms with van der Waals surface area (Å²) in [5, 5.41) is 22.6. The highest BCUT2D eigenvalue weighted by Gasteiger charge is 2.39. The van der Waals surface area contributed by atoms with E-state index in [1.54, 1.807) is 12.0 Å². The van der Waals surface area contributed by atoms with Gasteiger partial charge in [0.15, 0.2) is 0 Å². The highest BCUT2D eigenvalue weighted by Crippen LogP contribution is 2.28. The standard InChI is InChI=1S/C27H38FN5O5.C23H40N4O3/c1-26(2,3)8-7-21(30-23-20-6-5-19(28)17-22(20)38-25(35)31-23)24(34)32-27(18-29)9-11-33(12-10-27)13-14-37-16-15-36-4;1-6-12-26-13-10-23(7-2,11-14-26)25-20(28)19(8-9-22(3,4)5)24-21(29)27-15-17-30-18-16-27/h5-6,17,21H,7-16H2,1-4H3,(H,32,34)(H,30,31,35);2,19H,6,8-18H2,1,3-5H3,(H,24,29)(H,25,28). The minimum absolute atomic E-state index is 0.0366. The quantitative estimate of drug-likeness (QED) is 0.105. The number of urea groups is 1. The van der Waals surface area contributed by atoms with Gasteiger partial charge in [-0.3, -0.25) is 9.59 Å². The Labute approximate surface area is 402 Å². The monoisotopic (exact) mass is 952 g/mol. The zero-order chi connectivity index (χ0) is 50.0. The van der Waals surface area contributed by atoms with Crippen LogP contribution in [0, 0.1) is 40.3 Å². The number of rotatable bonds is 19. The molecule has 17 nitrogen and oxygen atoms in total.